The second kappa shape index (κ2) is 8.55. The maximum absolute atomic E-state index is 13.3. The van der Waals surface area contributed by atoms with Gasteiger partial charge in [0.1, 0.15) is 17.2 Å². The first-order valence-electron chi connectivity index (χ1n) is 11.7. The number of benzene rings is 1. The van der Waals surface area contributed by atoms with Crippen LogP contribution in [0.4, 0.5) is 21.8 Å². The topological polar surface area (TPSA) is 82.5 Å². The first-order chi connectivity index (χ1) is 16.2. The van der Waals surface area contributed by atoms with Crippen molar-refractivity contribution in [2.75, 3.05) is 37.1 Å². The third-order valence-electron chi connectivity index (χ3n) is 6.86. The van der Waals surface area contributed by atoms with E-state index in [1.807, 2.05) is 6.20 Å². The molecule has 6 rings (SSSR count). The van der Waals surface area contributed by atoms with Crippen LogP contribution in [0.15, 0.2) is 36.5 Å². The van der Waals surface area contributed by atoms with E-state index in [4.69, 9.17) is 19.2 Å². The number of hydrogen-bond acceptors (Lipinski definition) is 7. The Labute approximate surface area is 191 Å². The molecular weight excluding hydrogens is 425 g/mol. The van der Waals surface area contributed by atoms with Gasteiger partial charge in [0.05, 0.1) is 37.6 Å². The van der Waals surface area contributed by atoms with Gasteiger partial charge < -0.3 is 29.4 Å². The molecule has 2 aromatic heterocycles. The van der Waals surface area contributed by atoms with E-state index < -0.39 is 0 Å². The highest BCUT2D eigenvalue weighted by atomic mass is 19.1. The molecule has 1 aromatic carbocycles. The number of fused-ring (bicyclic) bond motifs is 1. The number of halogens is 1. The second-order valence-electron chi connectivity index (χ2n) is 9.04. The smallest absolute Gasteiger partial charge is 0.208 e. The van der Waals surface area contributed by atoms with Crippen LogP contribution in [0.1, 0.15) is 38.1 Å². The van der Waals surface area contributed by atoms with E-state index in [0.717, 1.165) is 61.2 Å². The average Bonchev–Trinajstić information content (AvgIpc) is 3.57. The van der Waals surface area contributed by atoms with E-state index in [1.54, 1.807) is 12.1 Å². The van der Waals surface area contributed by atoms with Crippen molar-refractivity contribution in [3.05, 3.63) is 42.3 Å². The summed E-state index contributed by atoms with van der Waals surface area (Å²) in [5.41, 5.74) is 2.60. The van der Waals surface area contributed by atoms with Gasteiger partial charge in [0, 0.05) is 37.2 Å². The lowest BCUT2D eigenvalue weighted by atomic mass is 9.90. The van der Waals surface area contributed by atoms with E-state index in [9.17, 15) is 4.39 Å². The van der Waals surface area contributed by atoms with Crippen molar-refractivity contribution in [1.82, 2.24) is 14.5 Å². The molecule has 1 saturated carbocycles. The lowest BCUT2D eigenvalue weighted by molar-refractivity contribution is -0.177. The third kappa shape index (κ3) is 4.16. The van der Waals surface area contributed by atoms with Crippen molar-refractivity contribution in [3.63, 3.8) is 0 Å². The summed E-state index contributed by atoms with van der Waals surface area (Å²) in [6.07, 6.45) is 6.48. The summed E-state index contributed by atoms with van der Waals surface area (Å²) in [5.74, 6) is 0.918. The fourth-order valence-electron chi connectivity index (χ4n) is 5.12. The van der Waals surface area contributed by atoms with Gasteiger partial charge in [-0.05, 0) is 43.5 Å². The summed E-state index contributed by atoms with van der Waals surface area (Å²) in [4.78, 5) is 9.42. The molecule has 174 valence electrons. The minimum absolute atomic E-state index is 0.180. The SMILES string of the molecule is Fc1ccc(Nc2nc3cnc(NC4CCC5(CC4)OCCO5)cc3n2[C@H]2CCOC2)cc1. The monoisotopic (exact) mass is 453 g/mol. The molecule has 9 heteroatoms. The Morgan fingerprint density at radius 3 is 2.55 bits per heavy atom. The van der Waals surface area contributed by atoms with Gasteiger partial charge in [-0.15, -0.1) is 0 Å². The van der Waals surface area contributed by atoms with E-state index in [-0.39, 0.29) is 17.6 Å². The molecule has 8 nitrogen and oxygen atoms in total. The number of hydrogen-bond donors (Lipinski definition) is 2. The number of nitrogens with one attached hydrogen (secondary N) is 2. The van der Waals surface area contributed by atoms with Crippen LogP contribution < -0.4 is 10.6 Å². The number of rotatable bonds is 5. The van der Waals surface area contributed by atoms with Crippen molar-refractivity contribution in [2.24, 2.45) is 0 Å². The van der Waals surface area contributed by atoms with Crippen LogP contribution in [0.5, 0.6) is 0 Å². The fraction of sp³-hybridized carbons (Fsp3) is 0.500. The van der Waals surface area contributed by atoms with Crippen molar-refractivity contribution >= 4 is 28.5 Å². The molecule has 0 unspecified atom stereocenters. The highest BCUT2D eigenvalue weighted by molar-refractivity contribution is 5.81. The fourth-order valence-corrected chi connectivity index (χ4v) is 5.12. The van der Waals surface area contributed by atoms with Gasteiger partial charge in [-0.25, -0.2) is 14.4 Å². The van der Waals surface area contributed by atoms with Crippen LogP contribution in [0.2, 0.25) is 0 Å². The lowest BCUT2D eigenvalue weighted by Crippen LogP contribution is -2.39. The number of aromatic nitrogens is 3. The largest absolute Gasteiger partial charge is 0.379 e. The molecule has 3 aliphatic rings. The van der Waals surface area contributed by atoms with Gasteiger partial charge in [-0.2, -0.15) is 0 Å². The standard InChI is InChI=1S/C24H28FN5O3/c25-16-1-3-17(4-2-16)28-23-29-20-14-26-22(13-21(20)30(23)19-7-10-31-15-19)27-18-5-8-24(9-6-18)32-11-12-33-24/h1-4,13-14,18-19H,5-12,15H2,(H,26,27)(H,28,29)/t19-/m0/s1. The van der Waals surface area contributed by atoms with Gasteiger partial charge in [0.25, 0.3) is 0 Å². The number of imidazole rings is 1. The maximum Gasteiger partial charge on any atom is 0.208 e. The van der Waals surface area contributed by atoms with E-state index in [0.29, 0.717) is 31.8 Å². The lowest BCUT2D eigenvalue weighted by Gasteiger charge is -2.35. The van der Waals surface area contributed by atoms with Crippen molar-refractivity contribution in [1.29, 1.82) is 0 Å². The highest BCUT2D eigenvalue weighted by Crippen LogP contribution is 2.37. The van der Waals surface area contributed by atoms with Gasteiger partial charge >= 0.3 is 0 Å². The molecule has 1 aliphatic carbocycles. The molecule has 4 heterocycles. The Morgan fingerprint density at radius 1 is 1.03 bits per heavy atom. The zero-order valence-electron chi connectivity index (χ0n) is 18.4. The predicted molar refractivity (Wildman–Crippen MR) is 122 cm³/mol. The molecule has 0 amide bonds. The number of nitrogens with zero attached hydrogens (tertiary/aromatic N) is 3. The van der Waals surface area contributed by atoms with Crippen molar-refractivity contribution in [2.45, 2.75) is 50.0 Å². The van der Waals surface area contributed by atoms with E-state index in [1.165, 1.54) is 12.1 Å². The van der Waals surface area contributed by atoms with Gasteiger partial charge in [0.2, 0.25) is 5.95 Å². The number of anilines is 3. The van der Waals surface area contributed by atoms with Crippen LogP contribution in [-0.4, -0.2) is 52.8 Å². The molecule has 33 heavy (non-hydrogen) atoms. The first-order valence-corrected chi connectivity index (χ1v) is 11.7. The van der Waals surface area contributed by atoms with Crippen LogP contribution in [0.25, 0.3) is 11.0 Å². The number of pyridine rings is 1. The minimum atomic E-state index is -0.364. The average molecular weight is 454 g/mol. The summed E-state index contributed by atoms with van der Waals surface area (Å²) < 4.78 is 32.9. The van der Waals surface area contributed by atoms with Crippen LogP contribution in [0.3, 0.4) is 0 Å². The molecule has 2 aliphatic heterocycles. The van der Waals surface area contributed by atoms with Gasteiger partial charge in [0.15, 0.2) is 5.79 Å². The normalized spacial score (nSPS) is 22.9. The Kier molecular flexibility index (Phi) is 5.40. The summed E-state index contributed by atoms with van der Waals surface area (Å²) >= 11 is 0. The molecule has 2 N–H and O–H groups in total. The Bertz CT molecular complexity index is 1110. The molecular formula is C24H28FN5O3. The van der Waals surface area contributed by atoms with Gasteiger partial charge in [-0.3, -0.25) is 0 Å². The quantitative estimate of drug-likeness (QED) is 0.594. The number of ether oxygens (including phenoxy) is 3. The molecule has 0 radical (unpaired) electrons. The predicted octanol–water partition coefficient (Wildman–Crippen LogP) is 4.37. The molecule has 3 fully saturated rings. The maximum atomic E-state index is 13.3. The van der Waals surface area contributed by atoms with Crippen LogP contribution >= 0.6 is 0 Å². The van der Waals surface area contributed by atoms with Crippen molar-refractivity contribution < 1.29 is 18.6 Å². The molecule has 1 atom stereocenters. The van der Waals surface area contributed by atoms with E-state index >= 15 is 0 Å². The highest BCUT2D eigenvalue weighted by Gasteiger charge is 2.40. The zero-order chi connectivity index (χ0) is 22.3. The Balaban J connectivity index is 1.26. The zero-order valence-corrected chi connectivity index (χ0v) is 18.4. The second-order valence-corrected chi connectivity index (χ2v) is 9.04. The summed E-state index contributed by atoms with van der Waals surface area (Å²) in [5, 5.41) is 6.95. The summed E-state index contributed by atoms with van der Waals surface area (Å²) in [6.45, 7) is 2.75. The van der Waals surface area contributed by atoms with E-state index in [2.05, 4.69) is 26.3 Å². The van der Waals surface area contributed by atoms with Crippen molar-refractivity contribution in [3.8, 4) is 0 Å². The molecule has 3 aromatic rings. The molecule has 2 saturated heterocycles. The molecule has 0 bridgehead atoms. The Morgan fingerprint density at radius 2 is 1.82 bits per heavy atom. The Hall–Kier alpha value is -2.75. The minimum Gasteiger partial charge on any atom is -0.379 e. The van der Waals surface area contributed by atoms with Crippen LogP contribution in [0, 0.1) is 5.82 Å². The summed E-state index contributed by atoms with van der Waals surface area (Å²) in [6, 6.07) is 8.88. The third-order valence-corrected chi connectivity index (χ3v) is 6.86. The van der Waals surface area contributed by atoms with Crippen LogP contribution in [-0.2, 0) is 14.2 Å². The van der Waals surface area contributed by atoms with Gasteiger partial charge in [-0.1, -0.05) is 0 Å². The molecule has 1 spiro atoms. The first kappa shape index (κ1) is 20.8. The summed E-state index contributed by atoms with van der Waals surface area (Å²) in [7, 11) is 0.